The largest absolute Gasteiger partial charge is 0.0584 e. The molecule has 2 bridgehead atoms. The molecule has 0 heterocycles. The average molecular weight is 122 g/mol. The molecule has 0 aliphatic heterocycles. The van der Waals surface area contributed by atoms with Crippen LogP contribution in [0.4, 0.5) is 0 Å². The van der Waals surface area contributed by atoms with E-state index in [1.807, 2.05) is 0 Å². The summed E-state index contributed by atoms with van der Waals surface area (Å²) in [6.07, 6.45) is 9.90. The van der Waals surface area contributed by atoms with E-state index in [0.29, 0.717) is 0 Å². The lowest BCUT2D eigenvalue weighted by atomic mass is 10.3. The summed E-state index contributed by atoms with van der Waals surface area (Å²) < 4.78 is 0. The molecule has 0 unspecified atom stereocenters. The number of fused-ring (bicyclic) bond motifs is 2. The van der Waals surface area contributed by atoms with E-state index in [4.69, 9.17) is 0 Å². The summed E-state index contributed by atoms with van der Waals surface area (Å²) in [6, 6.07) is 0. The van der Waals surface area contributed by atoms with Crippen LogP contribution in [0.2, 0.25) is 0 Å². The summed E-state index contributed by atoms with van der Waals surface area (Å²) in [6.45, 7) is 0. The quantitative estimate of drug-likeness (QED) is 0.407. The molecule has 0 atom stereocenters. The van der Waals surface area contributed by atoms with Crippen molar-refractivity contribution < 1.29 is 0 Å². The molecule has 42 valence electrons. The van der Waals surface area contributed by atoms with Crippen LogP contribution in [-0.2, 0) is 0 Å². The van der Waals surface area contributed by atoms with Crippen LogP contribution in [0.15, 0.2) is 35.5 Å². The van der Waals surface area contributed by atoms with Gasteiger partial charge in [0.05, 0.1) is 0 Å². The fraction of sp³-hybridized carbons (Fsp3) is 0.143. The Bertz CT molecular complexity index is 165. The first-order valence-corrected chi connectivity index (χ1v) is 2.53. The van der Waals surface area contributed by atoms with Gasteiger partial charge in [-0.15, -0.1) is 0 Å². The van der Waals surface area contributed by atoms with Crippen LogP contribution < -0.4 is 0 Å². The van der Waals surface area contributed by atoms with E-state index in [2.05, 4.69) is 24.3 Å². The molecule has 0 aromatic rings. The van der Waals surface area contributed by atoms with Crippen molar-refractivity contribution in [3.05, 3.63) is 35.5 Å². The summed E-state index contributed by atoms with van der Waals surface area (Å²) in [7, 11) is 0. The highest BCUT2D eigenvalue weighted by Gasteiger charge is 2.07. The van der Waals surface area contributed by atoms with E-state index in [0.717, 1.165) is 0 Å². The fourth-order valence-electron chi connectivity index (χ4n) is 1.01. The summed E-state index contributed by atoms with van der Waals surface area (Å²) in [5.41, 5.74) is 2.94. The third-order valence-electron chi connectivity index (χ3n) is 1.43. The van der Waals surface area contributed by atoms with Crippen molar-refractivity contribution in [3.63, 3.8) is 0 Å². The Kier molecular flexibility index (Phi) is 1.22. The molecule has 8 heavy (non-hydrogen) atoms. The van der Waals surface area contributed by atoms with Crippen molar-refractivity contribution in [2.75, 3.05) is 0 Å². The third-order valence-corrected chi connectivity index (χ3v) is 1.43. The Morgan fingerprint density at radius 1 is 1.00 bits per heavy atom. The second kappa shape index (κ2) is 1.75. The van der Waals surface area contributed by atoms with E-state index in [9.17, 15) is 0 Å². The van der Waals surface area contributed by atoms with Gasteiger partial charge in [-0.3, -0.25) is 0 Å². The highest BCUT2D eigenvalue weighted by molar-refractivity contribution is 5.75. The van der Waals surface area contributed by atoms with Crippen molar-refractivity contribution in [1.82, 2.24) is 0 Å². The maximum absolute atomic E-state index is 2.18. The van der Waals surface area contributed by atoms with Gasteiger partial charge in [0.25, 0.3) is 0 Å². The highest BCUT2D eigenvalue weighted by Crippen LogP contribution is 2.27. The Hall–Kier alpha value is -0.563. The number of rotatable bonds is 0. The van der Waals surface area contributed by atoms with Gasteiger partial charge in [-0.05, 0) is 28.5 Å². The van der Waals surface area contributed by atoms with E-state index in [1.165, 1.54) is 17.6 Å². The lowest BCUT2D eigenvalue weighted by molar-refractivity contribution is 1.32. The van der Waals surface area contributed by atoms with Gasteiger partial charge in [0.1, 0.15) is 0 Å². The maximum atomic E-state index is 2.18. The Balaban J connectivity index is 0.000000320. The average Bonchev–Trinajstić information content (AvgIpc) is 2.22. The molecule has 0 saturated carbocycles. The predicted octanol–water partition coefficient (Wildman–Crippen LogP) is 0.361. The van der Waals surface area contributed by atoms with Crippen molar-refractivity contribution in [2.24, 2.45) is 0 Å². The minimum Gasteiger partial charge on any atom is -0.0584 e. The van der Waals surface area contributed by atoms with Gasteiger partial charge < -0.3 is 0 Å². The summed E-state index contributed by atoms with van der Waals surface area (Å²) in [5, 5.41) is 0. The van der Waals surface area contributed by atoms with Crippen molar-refractivity contribution in [3.8, 4) is 0 Å². The molecule has 2 aliphatic rings. The normalized spacial score (nSPS) is 20.0. The van der Waals surface area contributed by atoms with Gasteiger partial charge in [0.2, 0.25) is 0 Å². The lowest BCUT2D eigenvalue weighted by Crippen LogP contribution is -1.59. The molecule has 0 amide bonds. The van der Waals surface area contributed by atoms with Crippen LogP contribution in [0.25, 0.3) is 0 Å². The van der Waals surface area contributed by atoms with Crippen LogP contribution in [-0.4, -0.2) is 11.0 Å². The van der Waals surface area contributed by atoms with Gasteiger partial charge in [-0.25, -0.2) is 0 Å². The molecule has 0 aromatic carbocycles. The molecule has 0 fully saturated rings. The second-order valence-corrected chi connectivity index (χ2v) is 1.99. The van der Waals surface area contributed by atoms with Crippen LogP contribution in [0.5, 0.6) is 0 Å². The zero-order valence-electron chi connectivity index (χ0n) is 4.02. The number of allylic oxidation sites excluding steroid dienone is 6. The van der Waals surface area contributed by atoms with Gasteiger partial charge in [-0.2, -0.15) is 0 Å². The van der Waals surface area contributed by atoms with E-state index in [1.54, 1.807) is 0 Å². The molecule has 0 aromatic heterocycles. The van der Waals surface area contributed by atoms with Crippen LogP contribution in [0, 0.1) is 0 Å². The molecule has 0 N–H and O–H groups in total. The molecule has 1 heteroatoms. The maximum Gasteiger partial charge on any atom is -0.00258 e. The van der Waals surface area contributed by atoms with E-state index < -0.39 is 0 Å². The van der Waals surface area contributed by atoms with Crippen molar-refractivity contribution >= 4 is 11.0 Å². The van der Waals surface area contributed by atoms with E-state index >= 15 is 0 Å². The van der Waals surface area contributed by atoms with Crippen LogP contribution in [0.3, 0.4) is 0 Å². The second-order valence-electron chi connectivity index (χ2n) is 1.99. The van der Waals surface area contributed by atoms with E-state index in [-0.39, 0.29) is 11.0 Å². The number of hydrogen-bond acceptors (Lipinski definition) is 0. The smallest absolute Gasteiger partial charge is 0.00258 e. The first-order chi connectivity index (χ1) is 3.45. The summed E-state index contributed by atoms with van der Waals surface area (Å²) in [5.74, 6) is 0. The van der Waals surface area contributed by atoms with Gasteiger partial charge in [0, 0.05) is 0 Å². The Labute approximate surface area is 53.6 Å². The molecular weight excluding hydrogens is 112 g/mol. The van der Waals surface area contributed by atoms with Crippen LogP contribution in [0.1, 0.15) is 6.42 Å². The first-order valence-electron chi connectivity index (χ1n) is 2.53. The van der Waals surface area contributed by atoms with Gasteiger partial charge in [0.15, 0.2) is 0 Å². The standard InChI is InChI=1S/C7H6.H4Si/c1-2-7-4-3-6(1)5-7;/h1-4H,5H2;1H4. The summed E-state index contributed by atoms with van der Waals surface area (Å²) in [4.78, 5) is 0. The Morgan fingerprint density at radius 3 is 1.62 bits per heavy atom. The topological polar surface area (TPSA) is 0 Å². The minimum absolute atomic E-state index is 0. The predicted molar refractivity (Wildman–Crippen MR) is 41.3 cm³/mol. The summed E-state index contributed by atoms with van der Waals surface area (Å²) >= 11 is 0. The number of hydrogen-bond donors (Lipinski definition) is 0. The van der Waals surface area contributed by atoms with Gasteiger partial charge >= 0.3 is 0 Å². The van der Waals surface area contributed by atoms with Crippen LogP contribution >= 0.6 is 0 Å². The zero-order valence-corrected chi connectivity index (χ0v) is 4.02. The minimum atomic E-state index is 0. The molecule has 0 radical (unpaired) electrons. The van der Waals surface area contributed by atoms with Crippen molar-refractivity contribution in [1.29, 1.82) is 0 Å². The SMILES string of the molecule is C1=CC2=CC=C1C2.[SiH4]. The molecule has 2 aliphatic carbocycles. The zero-order chi connectivity index (χ0) is 4.69. The molecular formula is C7H10Si. The van der Waals surface area contributed by atoms with Gasteiger partial charge in [-0.1, -0.05) is 24.3 Å². The Morgan fingerprint density at radius 2 is 1.50 bits per heavy atom. The molecule has 0 spiro atoms. The van der Waals surface area contributed by atoms with Crippen molar-refractivity contribution in [2.45, 2.75) is 6.42 Å². The highest BCUT2D eigenvalue weighted by atomic mass is 28.1. The monoisotopic (exact) mass is 122 g/mol. The molecule has 0 nitrogen and oxygen atoms in total. The molecule has 0 saturated heterocycles. The lowest BCUT2D eigenvalue weighted by Gasteiger charge is -1.77. The first kappa shape index (κ1) is 5.57. The fourth-order valence-corrected chi connectivity index (χ4v) is 1.01. The molecule has 2 rings (SSSR count). The third kappa shape index (κ3) is 0.593.